The Morgan fingerprint density at radius 2 is 1.73 bits per heavy atom. The van der Waals surface area contributed by atoms with Gasteiger partial charge in [-0.25, -0.2) is 4.99 Å². The van der Waals surface area contributed by atoms with Crippen LogP contribution in [0.5, 0.6) is 5.75 Å². The van der Waals surface area contributed by atoms with Gasteiger partial charge in [-0.2, -0.15) is 18.2 Å². The summed E-state index contributed by atoms with van der Waals surface area (Å²) in [6.45, 7) is 0.722. The van der Waals surface area contributed by atoms with Crippen molar-refractivity contribution in [2.24, 2.45) is 21.5 Å². The third kappa shape index (κ3) is 5.28. The number of guanidine groups is 2. The van der Waals surface area contributed by atoms with E-state index in [1.807, 2.05) is 0 Å². The van der Waals surface area contributed by atoms with Crippen molar-refractivity contribution in [1.82, 2.24) is 4.90 Å². The van der Waals surface area contributed by atoms with Gasteiger partial charge in [-0.1, -0.05) is 35.3 Å². The second kappa shape index (κ2) is 9.01. The highest BCUT2D eigenvalue weighted by molar-refractivity contribution is 6.42. The van der Waals surface area contributed by atoms with Gasteiger partial charge in [-0.3, -0.25) is 0 Å². The topological polar surface area (TPSA) is 89.2 Å². The molecule has 0 aromatic heterocycles. The molecule has 0 saturated heterocycles. The minimum absolute atomic E-state index is 0.0410. The van der Waals surface area contributed by atoms with Gasteiger partial charge in [0.2, 0.25) is 11.9 Å². The summed E-state index contributed by atoms with van der Waals surface area (Å²) >= 11 is 11.8. The zero-order chi connectivity index (χ0) is 21.9. The monoisotopic (exact) mass is 459 g/mol. The van der Waals surface area contributed by atoms with Crippen molar-refractivity contribution >= 4 is 35.1 Å². The molecular weight excluding hydrogens is 442 g/mol. The predicted octanol–water partition coefficient (Wildman–Crippen LogP) is 4.42. The maximum Gasteiger partial charge on any atom is 0.416 e. The molecule has 2 aromatic rings. The number of nitrogens with two attached hydrogens (primary N) is 2. The molecule has 0 bridgehead atoms. The molecule has 0 radical (unpaired) electrons. The second-order valence-electron chi connectivity index (χ2n) is 6.42. The molecule has 0 fully saturated rings. The Hall–Kier alpha value is -2.65. The van der Waals surface area contributed by atoms with E-state index in [1.165, 1.54) is 12.1 Å². The minimum atomic E-state index is -4.42. The average Bonchev–Trinajstić information content (AvgIpc) is 2.68. The van der Waals surface area contributed by atoms with Crippen LogP contribution in [0.2, 0.25) is 10.0 Å². The van der Waals surface area contributed by atoms with Crippen LogP contribution in [-0.4, -0.2) is 30.0 Å². The smallest absolute Gasteiger partial charge is 0.416 e. The number of aliphatic imine (C=N–C) groups is 2. The Morgan fingerprint density at radius 1 is 1.03 bits per heavy atom. The molecule has 0 saturated carbocycles. The molecule has 3 rings (SSSR count). The first-order chi connectivity index (χ1) is 14.1. The van der Waals surface area contributed by atoms with Gasteiger partial charge in [0, 0.05) is 12.6 Å². The average molecular weight is 460 g/mol. The molecule has 30 heavy (non-hydrogen) atoms. The van der Waals surface area contributed by atoms with E-state index in [0.717, 1.165) is 12.1 Å². The lowest BCUT2D eigenvalue weighted by Gasteiger charge is -2.32. The fourth-order valence-corrected chi connectivity index (χ4v) is 3.15. The normalized spacial score (nSPS) is 16.8. The summed E-state index contributed by atoms with van der Waals surface area (Å²) in [4.78, 5) is 9.83. The predicted molar refractivity (Wildman–Crippen MR) is 111 cm³/mol. The SMILES string of the molecule is NC1=NC(c2ccc(C(F)(F)F)cc2)N(CCCOc2ccc(Cl)c(Cl)c2)C(N)=N1. The molecule has 1 unspecified atom stereocenters. The van der Waals surface area contributed by atoms with Gasteiger partial charge in [0.1, 0.15) is 5.75 Å². The molecule has 2 aromatic carbocycles. The van der Waals surface area contributed by atoms with Crippen molar-refractivity contribution in [1.29, 1.82) is 0 Å². The lowest BCUT2D eigenvalue weighted by atomic mass is 10.1. The molecule has 0 aliphatic carbocycles. The first-order valence-corrected chi connectivity index (χ1v) is 9.60. The van der Waals surface area contributed by atoms with Crippen molar-refractivity contribution < 1.29 is 17.9 Å². The minimum Gasteiger partial charge on any atom is -0.493 e. The highest BCUT2D eigenvalue weighted by atomic mass is 35.5. The highest BCUT2D eigenvalue weighted by Crippen LogP contribution is 2.32. The van der Waals surface area contributed by atoms with Crippen molar-refractivity contribution in [2.45, 2.75) is 18.8 Å². The molecule has 1 aliphatic heterocycles. The van der Waals surface area contributed by atoms with Crippen molar-refractivity contribution in [2.75, 3.05) is 13.2 Å². The van der Waals surface area contributed by atoms with Gasteiger partial charge < -0.3 is 21.1 Å². The Labute approximate surface area is 180 Å². The van der Waals surface area contributed by atoms with Gasteiger partial charge in [-0.15, -0.1) is 0 Å². The van der Waals surface area contributed by atoms with Crippen LogP contribution in [0.25, 0.3) is 0 Å². The lowest BCUT2D eigenvalue weighted by Crippen LogP contribution is -2.44. The first kappa shape index (κ1) is 22.0. The van der Waals surface area contributed by atoms with Gasteiger partial charge in [-0.05, 0) is 36.2 Å². The molecule has 0 spiro atoms. The number of rotatable bonds is 6. The van der Waals surface area contributed by atoms with Crippen LogP contribution < -0.4 is 16.2 Å². The molecule has 1 aliphatic rings. The molecule has 11 heteroatoms. The number of ether oxygens (including phenoxy) is 1. The van der Waals surface area contributed by atoms with E-state index in [2.05, 4.69) is 9.98 Å². The standard InChI is InChI=1S/C19H18Cl2F3N5O/c20-14-7-6-13(10-15(14)21)30-9-1-8-29-16(27-17(25)28-18(29)26)11-2-4-12(5-3-11)19(22,23)24/h2-7,10,16H,1,8-9H2,(H4,25,26,27,28). The van der Waals surface area contributed by atoms with Crippen LogP contribution in [0.3, 0.4) is 0 Å². The van der Waals surface area contributed by atoms with Crippen LogP contribution in [0.1, 0.15) is 23.7 Å². The number of alkyl halides is 3. The summed E-state index contributed by atoms with van der Waals surface area (Å²) < 4.78 is 44.1. The van der Waals surface area contributed by atoms with Crippen molar-refractivity contribution in [3.05, 3.63) is 63.6 Å². The number of hydrogen-bond donors (Lipinski definition) is 2. The summed E-state index contributed by atoms with van der Waals surface area (Å²) in [7, 11) is 0. The van der Waals surface area contributed by atoms with E-state index in [0.29, 0.717) is 40.9 Å². The van der Waals surface area contributed by atoms with Crippen LogP contribution in [0.15, 0.2) is 52.4 Å². The second-order valence-corrected chi connectivity index (χ2v) is 7.24. The maximum atomic E-state index is 12.8. The van der Waals surface area contributed by atoms with Crippen LogP contribution in [0.4, 0.5) is 13.2 Å². The van der Waals surface area contributed by atoms with Crippen LogP contribution in [-0.2, 0) is 6.18 Å². The van der Waals surface area contributed by atoms with Crippen molar-refractivity contribution in [3.63, 3.8) is 0 Å². The van der Waals surface area contributed by atoms with Gasteiger partial charge in [0.25, 0.3) is 0 Å². The molecule has 1 heterocycles. The zero-order valence-corrected chi connectivity index (χ0v) is 17.0. The maximum absolute atomic E-state index is 12.8. The van der Waals surface area contributed by atoms with E-state index in [-0.39, 0.29) is 11.9 Å². The lowest BCUT2D eigenvalue weighted by molar-refractivity contribution is -0.137. The number of benzene rings is 2. The Balaban J connectivity index is 1.67. The van der Waals surface area contributed by atoms with E-state index in [4.69, 9.17) is 39.4 Å². The quantitative estimate of drug-likeness (QED) is 0.625. The molecule has 4 N–H and O–H groups in total. The van der Waals surface area contributed by atoms with E-state index in [9.17, 15) is 13.2 Å². The third-order valence-corrected chi connectivity index (χ3v) is 5.05. The van der Waals surface area contributed by atoms with E-state index >= 15 is 0 Å². The van der Waals surface area contributed by atoms with Crippen LogP contribution >= 0.6 is 23.2 Å². The summed E-state index contributed by atoms with van der Waals surface area (Å²) in [6, 6.07) is 9.62. The van der Waals surface area contributed by atoms with Crippen molar-refractivity contribution in [3.8, 4) is 5.75 Å². The van der Waals surface area contributed by atoms with Crippen LogP contribution in [0, 0.1) is 0 Å². The molecule has 6 nitrogen and oxygen atoms in total. The Bertz CT molecular complexity index is 964. The third-order valence-electron chi connectivity index (χ3n) is 4.31. The summed E-state index contributed by atoms with van der Waals surface area (Å²) in [5.74, 6) is 0.647. The number of nitrogens with zero attached hydrogens (tertiary/aromatic N) is 3. The van der Waals surface area contributed by atoms with Gasteiger partial charge in [0.05, 0.1) is 22.2 Å². The van der Waals surface area contributed by atoms with E-state index < -0.39 is 17.9 Å². The fourth-order valence-electron chi connectivity index (χ4n) is 2.86. The molecular formula is C19H18Cl2F3N5O. The van der Waals surface area contributed by atoms with Gasteiger partial charge >= 0.3 is 6.18 Å². The summed E-state index contributed by atoms with van der Waals surface area (Å²) in [5, 5.41) is 0.810. The highest BCUT2D eigenvalue weighted by Gasteiger charge is 2.31. The Morgan fingerprint density at radius 3 is 2.37 bits per heavy atom. The fraction of sp³-hybridized carbons (Fsp3) is 0.263. The van der Waals surface area contributed by atoms with Gasteiger partial charge in [0.15, 0.2) is 6.17 Å². The molecule has 0 amide bonds. The summed E-state index contributed by atoms with van der Waals surface area (Å²) in [5.41, 5.74) is 11.4. The Kier molecular flexibility index (Phi) is 6.62. The largest absolute Gasteiger partial charge is 0.493 e. The molecule has 160 valence electrons. The van der Waals surface area contributed by atoms with E-state index in [1.54, 1.807) is 23.1 Å². The summed E-state index contributed by atoms with van der Waals surface area (Å²) in [6.07, 6.45) is -4.58. The number of hydrogen-bond acceptors (Lipinski definition) is 6. The number of halogens is 5. The molecule has 1 atom stereocenters. The zero-order valence-electron chi connectivity index (χ0n) is 15.5. The first-order valence-electron chi connectivity index (χ1n) is 8.84.